The summed E-state index contributed by atoms with van der Waals surface area (Å²) in [4.78, 5) is 74.3. The largest absolute Gasteiger partial charge is 0.459 e. The van der Waals surface area contributed by atoms with Crippen LogP contribution in [-0.2, 0) is 61.9 Å². The zero-order valence-electron chi connectivity index (χ0n) is 101. The van der Waals surface area contributed by atoms with E-state index < -0.39 is 116 Å². The van der Waals surface area contributed by atoms with Crippen molar-refractivity contribution in [3.8, 4) is 0 Å². The summed E-state index contributed by atoms with van der Waals surface area (Å²) in [6, 6.07) is 0. The fourth-order valence-electron chi connectivity index (χ4n) is 23.3. The number of carbonyl (C=O) groups excluding carboxylic acids is 5. The van der Waals surface area contributed by atoms with E-state index in [4.69, 9.17) is 37.9 Å². The van der Waals surface area contributed by atoms with Gasteiger partial charge >= 0.3 is 29.8 Å². The molecular formula is C132H246O17. The number of rotatable bonds is 104. The highest BCUT2D eigenvalue weighted by molar-refractivity contribution is 5.89. The van der Waals surface area contributed by atoms with E-state index in [1.54, 1.807) is 27.7 Å². The van der Waals surface area contributed by atoms with Gasteiger partial charge in [-0.05, 0) is 107 Å². The first kappa shape index (κ1) is 141. The van der Waals surface area contributed by atoms with Gasteiger partial charge in [0, 0.05) is 23.1 Å². The number of aliphatic hydroxyl groups excluding tert-OH is 4. The number of unbranched alkanes of at least 4 members (excludes halogenated alkanes) is 68. The first-order valence-electron chi connectivity index (χ1n) is 64.8. The summed E-state index contributed by atoms with van der Waals surface area (Å²) in [5.74, 6) is -4.07. The second-order valence-electron chi connectivity index (χ2n) is 48.6. The van der Waals surface area contributed by atoms with E-state index in [2.05, 4.69) is 83.1 Å². The van der Waals surface area contributed by atoms with Crippen LogP contribution in [0.25, 0.3) is 0 Å². The Morgan fingerprint density at radius 1 is 0.282 bits per heavy atom. The Labute approximate surface area is 919 Å². The molecule has 876 valence electrons. The monoisotopic (exact) mass is 2100 g/mol. The first-order valence-corrected chi connectivity index (χ1v) is 64.8. The number of hydrogen-bond acceptors (Lipinski definition) is 17. The predicted octanol–water partition coefficient (Wildman–Crippen LogP) is 37.4. The Morgan fingerprint density at radius 3 is 0.819 bits per heavy atom. The molecule has 0 aromatic heterocycles. The maximum atomic E-state index is 15.2. The van der Waals surface area contributed by atoms with E-state index in [1.807, 2.05) is 25.2 Å². The molecule has 2 rings (SSSR count). The van der Waals surface area contributed by atoms with Crippen LogP contribution in [0.15, 0.2) is 34.9 Å². The van der Waals surface area contributed by atoms with Gasteiger partial charge in [0.05, 0.1) is 18.6 Å². The lowest BCUT2D eigenvalue weighted by Gasteiger charge is -2.47. The van der Waals surface area contributed by atoms with Crippen molar-refractivity contribution in [3.63, 3.8) is 0 Å². The number of carbonyl (C=O) groups is 5. The molecule has 0 spiro atoms. The normalized spacial score (nSPS) is 20.4. The molecule has 0 bridgehead atoms. The van der Waals surface area contributed by atoms with Crippen LogP contribution in [0.5, 0.6) is 0 Å². The summed E-state index contributed by atoms with van der Waals surface area (Å²) in [7, 11) is 0. The molecule has 0 aromatic carbocycles. The highest BCUT2D eigenvalue weighted by Gasteiger charge is 2.56. The van der Waals surface area contributed by atoms with E-state index in [0.717, 1.165) is 109 Å². The molecule has 4 N–H and O–H groups in total. The number of allylic oxidation sites excluding steroid dienone is 3. The highest BCUT2D eigenvalue weighted by Crippen LogP contribution is 2.38. The van der Waals surface area contributed by atoms with Gasteiger partial charge in [0.2, 0.25) is 12.6 Å². The molecule has 2 saturated heterocycles. The van der Waals surface area contributed by atoms with Crippen LogP contribution in [0.3, 0.4) is 0 Å². The van der Waals surface area contributed by atoms with E-state index in [-0.39, 0.29) is 47.2 Å². The second kappa shape index (κ2) is 96.4. The van der Waals surface area contributed by atoms with Crippen molar-refractivity contribution in [3.05, 3.63) is 34.9 Å². The molecule has 4 unspecified atom stereocenters. The number of ether oxygens (including phenoxy) is 8. The molecule has 0 aromatic rings. The quantitative estimate of drug-likeness (QED) is 0.0192. The van der Waals surface area contributed by atoms with E-state index in [9.17, 15) is 34.8 Å². The SMILES string of the molecule is CCCCCCCCCCCCCCCCCC[C@H](C)C[C@H](C)[C@H](O)[C@H](C)C(=O)O[C@H]1C(O)[C@H](OC(=O)/C(C)=C/[C@@H](C)C[C@@H](C)CCCCCCCCCCCCCCCC)C(CO)O[C@@H]1O[C@H]1OC(COC(=O)/C(C)=C/[C@@H](C)C[C@@H](C)CCCCCCCCCCCCCCCC)[C@@H](O)C(OC(=O)/C(C)=C/[C@@H](C)C[C@@H](C)CCCCCCCCCCCCCCCC)[C@H]1OC(=O)CCCCCCCCCCCCCCCCC. The molecule has 2 heterocycles. The van der Waals surface area contributed by atoms with Crippen LogP contribution in [0.2, 0.25) is 0 Å². The summed E-state index contributed by atoms with van der Waals surface area (Å²) >= 11 is 0. The maximum absolute atomic E-state index is 15.2. The van der Waals surface area contributed by atoms with E-state index >= 15 is 9.59 Å². The van der Waals surface area contributed by atoms with Crippen molar-refractivity contribution in [1.82, 2.24) is 0 Å². The van der Waals surface area contributed by atoms with E-state index in [0.29, 0.717) is 36.2 Å². The summed E-state index contributed by atoms with van der Waals surface area (Å²) in [5, 5.41) is 49.9. The lowest BCUT2D eigenvalue weighted by molar-refractivity contribution is -0.377. The third-order valence-electron chi connectivity index (χ3n) is 32.9. The number of aliphatic hydroxyl groups is 4. The van der Waals surface area contributed by atoms with E-state index in [1.165, 1.54) is 398 Å². The Hall–Kier alpha value is -3.71. The molecule has 20 atom stereocenters. The van der Waals surface area contributed by atoms with Gasteiger partial charge in [-0.2, -0.15) is 0 Å². The Balaban J connectivity index is 2.72. The Morgan fingerprint density at radius 2 is 0.530 bits per heavy atom. The molecular weight excluding hydrogens is 1860 g/mol. The zero-order chi connectivity index (χ0) is 109. The van der Waals surface area contributed by atoms with Crippen LogP contribution in [0, 0.1) is 53.3 Å². The summed E-state index contributed by atoms with van der Waals surface area (Å²) in [6.07, 6.45) is 86.1. The third kappa shape index (κ3) is 74.3. The van der Waals surface area contributed by atoms with Crippen LogP contribution in [0.1, 0.15) is 644 Å². The molecule has 0 saturated carbocycles. The minimum Gasteiger partial charge on any atom is -0.459 e. The molecule has 2 fully saturated rings. The molecule has 2 aliphatic rings. The van der Waals surface area contributed by atoms with Crippen LogP contribution >= 0.6 is 0 Å². The zero-order valence-corrected chi connectivity index (χ0v) is 101. The topological polar surface area (TPSA) is 240 Å². The van der Waals surface area contributed by atoms with Crippen LogP contribution in [-0.4, -0.2) is 131 Å². The van der Waals surface area contributed by atoms with Gasteiger partial charge in [0.1, 0.15) is 31.0 Å². The summed E-state index contributed by atoms with van der Waals surface area (Å²) < 4.78 is 52.2. The molecule has 0 radical (unpaired) electrons. The van der Waals surface area contributed by atoms with Gasteiger partial charge < -0.3 is 58.3 Å². The third-order valence-corrected chi connectivity index (χ3v) is 32.9. The summed E-state index contributed by atoms with van der Waals surface area (Å²) in [6.45, 7) is 33.7. The molecule has 2 aliphatic heterocycles. The standard InChI is InChI=1S/C132H246O17/c1-18-23-28-33-38-43-48-53-58-60-64-69-74-79-84-89-94-108(9)99-112(13)120(135)116(17)130(141)148-125-122(137)123(146-128(139)114(15)101-110(11)97-106(7)92-87-82-77-72-67-62-56-51-46-41-36-31-26-21-4)117(103-133)143-131(125)149-132-126(145-119(134)95-90-85-80-75-70-65-59-54-49-44-39-34-29-24-19-2)124(147-129(140)115(16)102-111(12)98-107(8)93-88-83-78-73-68-63-57-52-47-42-37-32-27-22-5)121(136)118(144-132)104-142-127(138)113(14)100-109(10)96-105(6)91-86-81-76-71-66-61-55-50-45-40-35-30-25-20-3/h100-102,105-112,116-118,120-126,131-133,135-137H,18-99,103-104H2,1-17H3/b113-100+,114-101+,115-102+/t105-,106-,107-,108-,109-,110-,111-,112-,116-,117?,118?,120-,121+,122?,123+,124?,125-,126+,131+,132+/m0/s1. The summed E-state index contributed by atoms with van der Waals surface area (Å²) in [5.41, 5.74) is 0.877. The Bertz CT molecular complexity index is 3210. The van der Waals surface area contributed by atoms with Crippen molar-refractivity contribution in [2.45, 2.75) is 712 Å². The average molecular weight is 2110 g/mol. The molecule has 0 amide bonds. The van der Waals surface area contributed by atoms with Crippen molar-refractivity contribution in [1.29, 1.82) is 0 Å². The van der Waals surface area contributed by atoms with Gasteiger partial charge in [-0.15, -0.1) is 0 Å². The van der Waals surface area contributed by atoms with Gasteiger partial charge in [0.15, 0.2) is 24.4 Å². The van der Waals surface area contributed by atoms with Crippen LogP contribution < -0.4 is 0 Å². The van der Waals surface area contributed by atoms with Gasteiger partial charge in [-0.1, -0.05) is 596 Å². The van der Waals surface area contributed by atoms with Gasteiger partial charge in [0.25, 0.3) is 0 Å². The second-order valence-corrected chi connectivity index (χ2v) is 48.6. The van der Waals surface area contributed by atoms with Crippen molar-refractivity contribution < 1.29 is 82.3 Å². The average Bonchev–Trinajstić information content (AvgIpc) is 0.768. The molecule has 149 heavy (non-hydrogen) atoms. The molecule has 17 nitrogen and oxygen atoms in total. The van der Waals surface area contributed by atoms with Crippen LogP contribution in [0.4, 0.5) is 0 Å². The van der Waals surface area contributed by atoms with Gasteiger partial charge in [-0.25, -0.2) is 14.4 Å². The number of esters is 5. The lowest BCUT2D eigenvalue weighted by Crippen LogP contribution is -2.66. The fraction of sp³-hybridized carbons (Fsp3) is 0.917. The smallest absolute Gasteiger partial charge is 0.333 e. The lowest BCUT2D eigenvalue weighted by atomic mass is 9.85. The van der Waals surface area contributed by atoms with Crippen molar-refractivity contribution in [2.75, 3.05) is 13.2 Å². The van der Waals surface area contributed by atoms with Gasteiger partial charge in [-0.3, -0.25) is 9.59 Å². The Kier molecular flexibility index (Phi) is 91.5. The predicted molar refractivity (Wildman–Crippen MR) is 625 cm³/mol. The van der Waals surface area contributed by atoms with Crippen molar-refractivity contribution in [2.24, 2.45) is 53.3 Å². The fourth-order valence-corrected chi connectivity index (χ4v) is 23.3. The maximum Gasteiger partial charge on any atom is 0.333 e. The number of hydrogen-bond donors (Lipinski definition) is 4. The molecule has 0 aliphatic carbocycles. The highest BCUT2D eigenvalue weighted by atomic mass is 16.8. The van der Waals surface area contributed by atoms with Crippen molar-refractivity contribution >= 4 is 29.8 Å². The minimum atomic E-state index is -1.98. The molecule has 17 heteroatoms. The minimum absolute atomic E-state index is 0.0216. The first-order chi connectivity index (χ1) is 72.2.